The highest BCUT2D eigenvalue weighted by Crippen LogP contribution is 2.26. The fourth-order valence-corrected chi connectivity index (χ4v) is 3.60. The van der Waals surface area contributed by atoms with Crippen LogP contribution >= 0.6 is 24.0 Å². The molecule has 1 saturated carbocycles. The Morgan fingerprint density at radius 2 is 1.54 bits per heavy atom. The number of piperazine rings is 1. The Labute approximate surface area is 164 Å². The van der Waals surface area contributed by atoms with E-state index in [-0.39, 0.29) is 24.0 Å². The van der Waals surface area contributed by atoms with Crippen LogP contribution in [0, 0.1) is 5.92 Å². The lowest BCUT2D eigenvalue weighted by Gasteiger charge is -2.35. The van der Waals surface area contributed by atoms with Crippen LogP contribution in [0.3, 0.4) is 0 Å². The van der Waals surface area contributed by atoms with Crippen LogP contribution in [0.4, 0.5) is 0 Å². The number of hydrogen-bond donors (Lipinski definition) is 0. The quantitative estimate of drug-likeness (QED) is 0.369. The van der Waals surface area contributed by atoms with Crippen molar-refractivity contribution >= 4 is 35.8 Å². The van der Waals surface area contributed by atoms with Gasteiger partial charge in [-0.15, -0.1) is 24.0 Å². The topological polar surface area (TPSA) is 42.4 Å². The second-order valence-corrected chi connectivity index (χ2v) is 7.12. The van der Waals surface area contributed by atoms with Gasteiger partial charge in [-0.3, -0.25) is 14.7 Å². The number of nitrogens with zero attached hydrogens (tertiary/aromatic N) is 5. The second kappa shape index (κ2) is 10.4. The Balaban J connectivity index is 0.00000288. The fraction of sp³-hybridized carbons (Fsp3) is 0.882. The van der Waals surface area contributed by atoms with Crippen molar-refractivity contribution in [2.75, 3.05) is 67.5 Å². The van der Waals surface area contributed by atoms with Gasteiger partial charge in [-0.05, 0) is 12.8 Å². The summed E-state index contributed by atoms with van der Waals surface area (Å²) in [5.41, 5.74) is 0. The first-order chi connectivity index (χ1) is 11.0. The summed E-state index contributed by atoms with van der Waals surface area (Å²) in [7, 11) is 8.08. The van der Waals surface area contributed by atoms with Gasteiger partial charge in [0.15, 0.2) is 5.96 Å². The summed E-state index contributed by atoms with van der Waals surface area (Å²) < 4.78 is 0. The Bertz CT molecular complexity index is 403. The number of hydrogen-bond acceptors (Lipinski definition) is 3. The van der Waals surface area contributed by atoms with Crippen LogP contribution in [0.5, 0.6) is 0 Å². The van der Waals surface area contributed by atoms with Crippen molar-refractivity contribution in [3.8, 4) is 0 Å². The van der Waals surface area contributed by atoms with Crippen LogP contribution in [0.1, 0.15) is 25.7 Å². The molecule has 7 heteroatoms. The molecule has 2 aliphatic rings. The molecule has 0 aromatic carbocycles. The van der Waals surface area contributed by atoms with Crippen LogP contribution in [0.15, 0.2) is 4.99 Å². The van der Waals surface area contributed by atoms with Crippen LogP contribution in [-0.4, -0.2) is 98.9 Å². The van der Waals surface area contributed by atoms with Gasteiger partial charge in [-0.2, -0.15) is 0 Å². The second-order valence-electron chi connectivity index (χ2n) is 7.12. The predicted molar refractivity (Wildman–Crippen MR) is 110 cm³/mol. The molecule has 2 fully saturated rings. The highest BCUT2D eigenvalue weighted by Gasteiger charge is 2.29. The Morgan fingerprint density at radius 1 is 1.00 bits per heavy atom. The molecule has 140 valence electrons. The van der Waals surface area contributed by atoms with Crippen molar-refractivity contribution in [3.63, 3.8) is 0 Å². The third-order valence-corrected chi connectivity index (χ3v) is 4.86. The fourth-order valence-electron chi connectivity index (χ4n) is 3.60. The predicted octanol–water partition coefficient (Wildman–Crippen LogP) is 1.42. The van der Waals surface area contributed by atoms with E-state index in [2.05, 4.69) is 14.8 Å². The van der Waals surface area contributed by atoms with Crippen molar-refractivity contribution in [3.05, 3.63) is 0 Å². The Kier molecular flexibility index (Phi) is 9.33. The van der Waals surface area contributed by atoms with E-state index in [9.17, 15) is 4.79 Å². The number of rotatable bonds is 4. The van der Waals surface area contributed by atoms with Crippen LogP contribution in [-0.2, 0) is 4.79 Å². The Hall–Kier alpha value is -0.570. The largest absolute Gasteiger partial charge is 0.349 e. The molecule has 24 heavy (non-hydrogen) atoms. The number of guanidine groups is 1. The van der Waals surface area contributed by atoms with Gasteiger partial charge in [0.05, 0.1) is 6.54 Å². The number of carbonyl (C=O) groups is 1. The van der Waals surface area contributed by atoms with E-state index >= 15 is 0 Å². The SMILES string of the molecule is CN(C)C(=NCCN1CCN(C(=O)C2CCCC2)CC1)N(C)C.I. The molecule has 0 bridgehead atoms. The maximum absolute atomic E-state index is 12.4. The van der Waals surface area contributed by atoms with Gasteiger partial charge in [0.1, 0.15) is 0 Å². The molecular weight excluding hydrogens is 417 g/mol. The monoisotopic (exact) mass is 451 g/mol. The average Bonchev–Trinajstić information content (AvgIpc) is 3.05. The molecule has 0 N–H and O–H groups in total. The number of halogens is 1. The molecule has 0 atom stereocenters. The molecule has 1 heterocycles. The third-order valence-electron chi connectivity index (χ3n) is 4.86. The third kappa shape index (κ3) is 6.06. The zero-order valence-corrected chi connectivity index (χ0v) is 18.0. The van der Waals surface area contributed by atoms with Crippen molar-refractivity contribution in [1.82, 2.24) is 19.6 Å². The minimum absolute atomic E-state index is 0. The molecule has 1 saturated heterocycles. The smallest absolute Gasteiger partial charge is 0.225 e. The van der Waals surface area contributed by atoms with Gasteiger partial charge in [0, 0.05) is 66.8 Å². The van der Waals surface area contributed by atoms with E-state index in [0.29, 0.717) is 11.8 Å². The molecular formula is C17H34IN5O. The van der Waals surface area contributed by atoms with Crippen LogP contribution in [0.2, 0.25) is 0 Å². The van der Waals surface area contributed by atoms with Gasteiger partial charge >= 0.3 is 0 Å². The maximum atomic E-state index is 12.4. The molecule has 2 rings (SSSR count). The summed E-state index contributed by atoms with van der Waals surface area (Å²) in [4.78, 5) is 25.7. The first-order valence-corrected chi connectivity index (χ1v) is 8.89. The first-order valence-electron chi connectivity index (χ1n) is 8.89. The number of aliphatic imine (C=N–C) groups is 1. The minimum Gasteiger partial charge on any atom is -0.349 e. The normalized spacial score (nSPS) is 18.9. The zero-order chi connectivity index (χ0) is 16.8. The van der Waals surface area contributed by atoms with E-state index in [1.54, 1.807) is 0 Å². The summed E-state index contributed by atoms with van der Waals surface area (Å²) in [5.74, 6) is 1.72. The van der Waals surface area contributed by atoms with E-state index in [0.717, 1.165) is 58.1 Å². The summed E-state index contributed by atoms with van der Waals surface area (Å²) >= 11 is 0. The molecule has 1 aliphatic heterocycles. The van der Waals surface area contributed by atoms with Gasteiger partial charge in [0.2, 0.25) is 5.91 Å². The van der Waals surface area contributed by atoms with E-state index in [4.69, 9.17) is 0 Å². The highest BCUT2D eigenvalue weighted by molar-refractivity contribution is 14.0. The molecule has 0 spiro atoms. The molecule has 0 radical (unpaired) electrons. The summed E-state index contributed by atoms with van der Waals surface area (Å²) in [5, 5.41) is 0. The lowest BCUT2D eigenvalue weighted by Crippen LogP contribution is -2.50. The standard InChI is InChI=1S/C17H33N5O.HI/c1-19(2)17(20(3)4)18-9-10-21-11-13-22(14-12-21)16(23)15-7-5-6-8-15;/h15H,5-14H2,1-4H3;1H. The van der Waals surface area contributed by atoms with E-state index in [1.807, 2.05) is 38.0 Å². The van der Waals surface area contributed by atoms with Crippen molar-refractivity contribution in [2.45, 2.75) is 25.7 Å². The number of carbonyl (C=O) groups excluding carboxylic acids is 1. The van der Waals surface area contributed by atoms with E-state index < -0.39 is 0 Å². The summed E-state index contributed by atoms with van der Waals surface area (Å²) in [6.07, 6.45) is 4.67. The molecule has 1 amide bonds. The molecule has 6 nitrogen and oxygen atoms in total. The first kappa shape index (κ1) is 21.5. The van der Waals surface area contributed by atoms with Crippen LogP contribution in [0.25, 0.3) is 0 Å². The highest BCUT2D eigenvalue weighted by atomic mass is 127. The average molecular weight is 451 g/mol. The number of amides is 1. The zero-order valence-electron chi connectivity index (χ0n) is 15.7. The van der Waals surface area contributed by atoms with E-state index in [1.165, 1.54) is 12.8 Å². The van der Waals surface area contributed by atoms with Gasteiger partial charge in [-0.25, -0.2) is 0 Å². The van der Waals surface area contributed by atoms with Gasteiger partial charge < -0.3 is 14.7 Å². The minimum atomic E-state index is 0. The molecule has 1 aliphatic carbocycles. The van der Waals surface area contributed by atoms with Crippen molar-refractivity contribution < 1.29 is 4.79 Å². The lowest BCUT2D eigenvalue weighted by molar-refractivity contribution is -0.137. The summed E-state index contributed by atoms with van der Waals surface area (Å²) in [6, 6.07) is 0. The van der Waals surface area contributed by atoms with Crippen LogP contribution < -0.4 is 0 Å². The molecule has 0 aromatic rings. The summed E-state index contributed by atoms with van der Waals surface area (Å²) in [6.45, 7) is 5.50. The van der Waals surface area contributed by atoms with Gasteiger partial charge in [0.25, 0.3) is 0 Å². The van der Waals surface area contributed by atoms with Crippen molar-refractivity contribution in [1.29, 1.82) is 0 Å². The molecule has 0 aromatic heterocycles. The van der Waals surface area contributed by atoms with Crippen molar-refractivity contribution in [2.24, 2.45) is 10.9 Å². The Morgan fingerprint density at radius 3 is 2.04 bits per heavy atom. The lowest BCUT2D eigenvalue weighted by atomic mass is 10.1. The maximum Gasteiger partial charge on any atom is 0.225 e. The molecule has 0 unspecified atom stereocenters. The van der Waals surface area contributed by atoms with Gasteiger partial charge in [-0.1, -0.05) is 12.8 Å².